The van der Waals surface area contributed by atoms with Crippen LogP contribution >= 0.6 is 0 Å². The van der Waals surface area contributed by atoms with Crippen LogP contribution in [0.4, 0.5) is 0 Å². The number of nitrogens with zero attached hydrogens (tertiary/aromatic N) is 1. The van der Waals surface area contributed by atoms with Crippen molar-refractivity contribution in [1.82, 2.24) is 4.90 Å². The third kappa shape index (κ3) is 1.40. The Bertz CT molecular complexity index is 169. The maximum Gasteiger partial charge on any atom is 0.128 e. The van der Waals surface area contributed by atoms with Crippen LogP contribution < -0.4 is 0 Å². The van der Waals surface area contributed by atoms with E-state index in [0.717, 1.165) is 19.4 Å². The van der Waals surface area contributed by atoms with Crippen molar-refractivity contribution in [3.63, 3.8) is 0 Å². The predicted molar refractivity (Wildman–Crippen MR) is 50.0 cm³/mol. The van der Waals surface area contributed by atoms with Gasteiger partial charge in [0.1, 0.15) is 6.29 Å². The van der Waals surface area contributed by atoms with Crippen LogP contribution in [0.3, 0.4) is 0 Å². The molecule has 0 saturated carbocycles. The van der Waals surface area contributed by atoms with Crippen molar-refractivity contribution in [3.8, 4) is 0 Å². The average molecular weight is 169 g/mol. The number of likely N-dealkylation sites (tertiary alicyclic amines) is 1. The van der Waals surface area contributed by atoms with E-state index in [9.17, 15) is 4.79 Å². The molecule has 0 aromatic heterocycles. The SMILES string of the molecule is CC(C)N1CC(C=O)(C(C)C)C1. The smallest absolute Gasteiger partial charge is 0.128 e. The third-order valence-corrected chi connectivity index (χ3v) is 3.11. The largest absolute Gasteiger partial charge is 0.303 e. The molecule has 0 spiro atoms. The van der Waals surface area contributed by atoms with Gasteiger partial charge in [0.2, 0.25) is 0 Å². The van der Waals surface area contributed by atoms with Crippen LogP contribution in [0.2, 0.25) is 0 Å². The second-order valence-corrected chi connectivity index (χ2v) is 4.50. The molecule has 1 saturated heterocycles. The summed E-state index contributed by atoms with van der Waals surface area (Å²) in [4.78, 5) is 13.2. The van der Waals surface area contributed by atoms with Crippen LogP contribution in [0.1, 0.15) is 27.7 Å². The zero-order valence-corrected chi connectivity index (χ0v) is 8.50. The Morgan fingerprint density at radius 2 is 1.75 bits per heavy atom. The zero-order valence-electron chi connectivity index (χ0n) is 8.50. The van der Waals surface area contributed by atoms with E-state index in [1.54, 1.807) is 0 Å². The van der Waals surface area contributed by atoms with E-state index in [4.69, 9.17) is 0 Å². The quantitative estimate of drug-likeness (QED) is 0.597. The molecule has 1 rings (SSSR count). The maximum absolute atomic E-state index is 10.9. The molecule has 1 fully saturated rings. The highest BCUT2D eigenvalue weighted by Crippen LogP contribution is 2.36. The van der Waals surface area contributed by atoms with Crippen LogP contribution in [-0.4, -0.2) is 30.3 Å². The number of carbonyl (C=O) groups is 1. The fraction of sp³-hybridized carbons (Fsp3) is 0.900. The summed E-state index contributed by atoms with van der Waals surface area (Å²) in [5.41, 5.74) is -0.0374. The fourth-order valence-corrected chi connectivity index (χ4v) is 1.65. The molecule has 1 aliphatic heterocycles. The highest BCUT2D eigenvalue weighted by Gasteiger charge is 2.45. The first-order valence-corrected chi connectivity index (χ1v) is 4.72. The predicted octanol–water partition coefficient (Wildman–Crippen LogP) is 1.55. The number of hydrogen-bond donors (Lipinski definition) is 0. The molecule has 0 aromatic carbocycles. The molecule has 2 nitrogen and oxygen atoms in total. The molecular formula is C10H19NO. The van der Waals surface area contributed by atoms with Crippen LogP contribution in [0.25, 0.3) is 0 Å². The summed E-state index contributed by atoms with van der Waals surface area (Å²) in [7, 11) is 0. The minimum absolute atomic E-state index is 0.0374. The summed E-state index contributed by atoms with van der Waals surface area (Å²) < 4.78 is 0. The lowest BCUT2D eigenvalue weighted by atomic mass is 9.71. The van der Waals surface area contributed by atoms with Crippen LogP contribution in [0, 0.1) is 11.3 Å². The van der Waals surface area contributed by atoms with Gasteiger partial charge in [-0.25, -0.2) is 0 Å². The molecule has 2 heteroatoms. The van der Waals surface area contributed by atoms with Gasteiger partial charge >= 0.3 is 0 Å². The lowest BCUT2D eigenvalue weighted by Gasteiger charge is -2.51. The molecule has 0 aliphatic carbocycles. The highest BCUT2D eigenvalue weighted by atomic mass is 16.1. The van der Waals surface area contributed by atoms with Crippen molar-refractivity contribution in [2.75, 3.05) is 13.1 Å². The molecule has 1 aliphatic rings. The summed E-state index contributed by atoms with van der Waals surface area (Å²) in [6, 6.07) is 0.580. The Morgan fingerprint density at radius 3 is 2.00 bits per heavy atom. The van der Waals surface area contributed by atoms with Gasteiger partial charge in [-0.2, -0.15) is 0 Å². The maximum atomic E-state index is 10.9. The third-order valence-electron chi connectivity index (χ3n) is 3.11. The molecule has 70 valence electrons. The van der Waals surface area contributed by atoms with Crippen molar-refractivity contribution < 1.29 is 4.79 Å². The molecular weight excluding hydrogens is 150 g/mol. The monoisotopic (exact) mass is 169 g/mol. The summed E-state index contributed by atoms with van der Waals surface area (Å²) in [5.74, 6) is 0.477. The summed E-state index contributed by atoms with van der Waals surface area (Å²) in [6.07, 6.45) is 1.15. The first-order valence-electron chi connectivity index (χ1n) is 4.72. The first-order chi connectivity index (χ1) is 5.52. The number of hydrogen-bond acceptors (Lipinski definition) is 2. The Labute approximate surface area is 74.9 Å². The number of aldehydes is 1. The van der Waals surface area contributed by atoms with Gasteiger partial charge in [0.15, 0.2) is 0 Å². The fourth-order valence-electron chi connectivity index (χ4n) is 1.65. The lowest BCUT2D eigenvalue weighted by molar-refractivity contribution is -0.133. The average Bonchev–Trinajstić information content (AvgIpc) is 1.84. The van der Waals surface area contributed by atoms with Gasteiger partial charge in [0.25, 0.3) is 0 Å². The molecule has 0 amide bonds. The van der Waals surface area contributed by atoms with Crippen molar-refractivity contribution in [1.29, 1.82) is 0 Å². The molecule has 12 heavy (non-hydrogen) atoms. The van der Waals surface area contributed by atoms with E-state index < -0.39 is 0 Å². The van der Waals surface area contributed by atoms with E-state index in [1.807, 2.05) is 0 Å². The van der Waals surface area contributed by atoms with Gasteiger partial charge in [0, 0.05) is 19.1 Å². The Balaban J connectivity index is 2.52. The van der Waals surface area contributed by atoms with Crippen LogP contribution in [0.15, 0.2) is 0 Å². The summed E-state index contributed by atoms with van der Waals surface area (Å²) in [5, 5.41) is 0. The van der Waals surface area contributed by atoms with Gasteiger partial charge < -0.3 is 4.79 Å². The summed E-state index contributed by atoms with van der Waals surface area (Å²) >= 11 is 0. The van der Waals surface area contributed by atoms with E-state index in [-0.39, 0.29) is 5.41 Å². The lowest BCUT2D eigenvalue weighted by Crippen LogP contribution is -2.61. The minimum Gasteiger partial charge on any atom is -0.303 e. The van der Waals surface area contributed by atoms with Crippen molar-refractivity contribution in [2.24, 2.45) is 11.3 Å². The first kappa shape index (κ1) is 9.72. The van der Waals surface area contributed by atoms with Gasteiger partial charge in [-0.05, 0) is 19.8 Å². The van der Waals surface area contributed by atoms with Crippen molar-refractivity contribution in [3.05, 3.63) is 0 Å². The second-order valence-electron chi connectivity index (χ2n) is 4.50. The minimum atomic E-state index is -0.0374. The molecule has 0 unspecified atom stereocenters. The van der Waals surface area contributed by atoms with E-state index in [1.165, 1.54) is 0 Å². The number of carbonyl (C=O) groups excluding carboxylic acids is 1. The molecule has 0 radical (unpaired) electrons. The normalized spacial score (nSPS) is 22.8. The van der Waals surface area contributed by atoms with Gasteiger partial charge in [-0.3, -0.25) is 4.90 Å². The molecule has 0 atom stereocenters. The Kier molecular flexibility index (Phi) is 2.57. The zero-order chi connectivity index (χ0) is 9.35. The number of rotatable bonds is 3. The Hall–Kier alpha value is -0.370. The van der Waals surface area contributed by atoms with Crippen molar-refractivity contribution in [2.45, 2.75) is 33.7 Å². The van der Waals surface area contributed by atoms with Crippen LogP contribution in [0.5, 0.6) is 0 Å². The molecule has 0 aromatic rings. The Morgan fingerprint density at radius 1 is 1.25 bits per heavy atom. The summed E-state index contributed by atoms with van der Waals surface area (Å²) in [6.45, 7) is 10.5. The van der Waals surface area contributed by atoms with E-state index in [2.05, 4.69) is 32.6 Å². The van der Waals surface area contributed by atoms with Gasteiger partial charge in [0.05, 0.1) is 5.41 Å². The van der Waals surface area contributed by atoms with E-state index in [0.29, 0.717) is 12.0 Å². The van der Waals surface area contributed by atoms with Gasteiger partial charge in [-0.1, -0.05) is 13.8 Å². The van der Waals surface area contributed by atoms with Crippen LogP contribution in [-0.2, 0) is 4.79 Å². The topological polar surface area (TPSA) is 20.3 Å². The highest BCUT2D eigenvalue weighted by molar-refractivity contribution is 5.62. The van der Waals surface area contributed by atoms with Gasteiger partial charge in [-0.15, -0.1) is 0 Å². The molecule has 0 bridgehead atoms. The van der Waals surface area contributed by atoms with E-state index >= 15 is 0 Å². The standard InChI is InChI=1S/C10H19NO/c1-8(2)10(7-12)5-11(6-10)9(3)4/h7-9H,5-6H2,1-4H3. The second kappa shape index (κ2) is 3.17. The van der Waals surface area contributed by atoms with Crippen molar-refractivity contribution >= 4 is 6.29 Å². The molecule has 1 heterocycles. The molecule has 0 N–H and O–H groups in total.